The summed E-state index contributed by atoms with van der Waals surface area (Å²) < 4.78 is 33.3. The molecule has 0 unspecified atom stereocenters. The SMILES string of the molecule is CN(C)S(=O)(=O)c1ccc(-c2nn(-c3ccccc3)cc2/C=C2\SC(N3CCOCC3)=NC2=O)cc1. The maximum absolute atomic E-state index is 12.7. The lowest BCUT2D eigenvalue weighted by Gasteiger charge is -2.27. The van der Waals surface area contributed by atoms with Gasteiger partial charge in [0.15, 0.2) is 5.17 Å². The van der Waals surface area contributed by atoms with Crippen LogP contribution in [0.4, 0.5) is 0 Å². The molecule has 186 valence electrons. The number of carbonyl (C=O) groups is 1. The van der Waals surface area contributed by atoms with Gasteiger partial charge < -0.3 is 9.64 Å². The van der Waals surface area contributed by atoms with E-state index in [0.29, 0.717) is 42.1 Å². The molecular weight excluding hydrogens is 498 g/mol. The average Bonchev–Trinajstić information content (AvgIpc) is 3.49. The lowest BCUT2D eigenvalue weighted by atomic mass is 10.1. The molecule has 2 aliphatic rings. The summed E-state index contributed by atoms with van der Waals surface area (Å²) in [6.45, 7) is 2.62. The van der Waals surface area contributed by atoms with Crippen molar-refractivity contribution in [1.29, 1.82) is 0 Å². The minimum Gasteiger partial charge on any atom is -0.378 e. The van der Waals surface area contributed by atoms with Crippen LogP contribution >= 0.6 is 11.8 Å². The van der Waals surface area contributed by atoms with Gasteiger partial charge in [0.2, 0.25) is 10.0 Å². The first kappa shape index (κ1) is 24.4. The normalized spacial score (nSPS) is 17.8. The van der Waals surface area contributed by atoms with Crippen LogP contribution in [0.1, 0.15) is 5.56 Å². The Labute approximate surface area is 214 Å². The van der Waals surface area contributed by atoms with Crippen LogP contribution < -0.4 is 0 Å². The van der Waals surface area contributed by atoms with Gasteiger partial charge in [-0.1, -0.05) is 30.3 Å². The highest BCUT2D eigenvalue weighted by molar-refractivity contribution is 8.18. The smallest absolute Gasteiger partial charge is 0.286 e. The number of aromatic nitrogens is 2. The van der Waals surface area contributed by atoms with Crippen molar-refractivity contribution in [3.63, 3.8) is 0 Å². The molecule has 5 rings (SSSR count). The van der Waals surface area contributed by atoms with E-state index in [-0.39, 0.29) is 10.8 Å². The summed E-state index contributed by atoms with van der Waals surface area (Å²) in [6, 6.07) is 16.3. The van der Waals surface area contributed by atoms with Crippen LogP contribution in [0, 0.1) is 0 Å². The summed E-state index contributed by atoms with van der Waals surface area (Å²) in [5, 5.41) is 5.47. The van der Waals surface area contributed by atoms with Crippen LogP contribution in [-0.4, -0.2) is 78.9 Å². The number of thioether (sulfide) groups is 1. The van der Waals surface area contributed by atoms with Crippen LogP contribution in [-0.2, 0) is 19.6 Å². The van der Waals surface area contributed by atoms with Gasteiger partial charge in [-0.05, 0) is 42.1 Å². The Morgan fingerprint density at radius 1 is 1.03 bits per heavy atom. The zero-order valence-electron chi connectivity index (χ0n) is 19.9. The third-order valence-corrected chi connectivity index (χ3v) is 8.72. The third kappa shape index (κ3) is 4.87. The molecule has 0 bridgehead atoms. The topological polar surface area (TPSA) is 97.1 Å². The number of amides is 1. The van der Waals surface area contributed by atoms with Gasteiger partial charge in [-0.15, -0.1) is 0 Å². The van der Waals surface area contributed by atoms with E-state index in [1.54, 1.807) is 35.0 Å². The van der Waals surface area contributed by atoms with Gasteiger partial charge in [0.25, 0.3) is 5.91 Å². The molecule has 0 spiro atoms. The minimum atomic E-state index is -3.55. The maximum atomic E-state index is 12.7. The Hall–Kier alpha value is -3.25. The summed E-state index contributed by atoms with van der Waals surface area (Å²) in [5.74, 6) is -0.285. The molecule has 0 atom stereocenters. The quantitative estimate of drug-likeness (QED) is 0.474. The second-order valence-electron chi connectivity index (χ2n) is 8.43. The first-order valence-corrected chi connectivity index (χ1v) is 13.6. The molecule has 1 aromatic heterocycles. The van der Waals surface area contributed by atoms with Crippen LogP contribution in [0.5, 0.6) is 0 Å². The van der Waals surface area contributed by atoms with Gasteiger partial charge in [0.05, 0.1) is 34.4 Å². The molecule has 2 aromatic carbocycles. The summed E-state index contributed by atoms with van der Waals surface area (Å²) in [5.41, 5.74) is 2.97. The molecule has 9 nitrogen and oxygen atoms in total. The molecule has 3 heterocycles. The molecule has 1 amide bonds. The van der Waals surface area contributed by atoms with Crippen LogP contribution in [0.2, 0.25) is 0 Å². The van der Waals surface area contributed by atoms with E-state index in [9.17, 15) is 13.2 Å². The van der Waals surface area contributed by atoms with Crippen molar-refractivity contribution >= 4 is 38.9 Å². The molecule has 2 aliphatic heterocycles. The van der Waals surface area contributed by atoms with Crippen LogP contribution in [0.15, 0.2) is 75.6 Å². The highest BCUT2D eigenvalue weighted by Crippen LogP contribution is 2.34. The minimum absolute atomic E-state index is 0.198. The average molecular weight is 524 g/mol. The van der Waals surface area contributed by atoms with Gasteiger partial charge in [0, 0.05) is 44.5 Å². The Balaban J connectivity index is 1.52. The maximum Gasteiger partial charge on any atom is 0.286 e. The number of para-hydroxylation sites is 1. The van der Waals surface area contributed by atoms with Gasteiger partial charge >= 0.3 is 0 Å². The van der Waals surface area contributed by atoms with Crippen molar-refractivity contribution in [1.82, 2.24) is 19.0 Å². The van der Waals surface area contributed by atoms with E-state index < -0.39 is 10.0 Å². The number of hydrogen-bond acceptors (Lipinski definition) is 7. The van der Waals surface area contributed by atoms with E-state index >= 15 is 0 Å². The number of ether oxygens (including phenoxy) is 1. The Morgan fingerprint density at radius 3 is 2.39 bits per heavy atom. The fourth-order valence-electron chi connectivity index (χ4n) is 3.85. The number of aliphatic imine (C=N–C) groups is 1. The number of benzene rings is 2. The van der Waals surface area contributed by atoms with Crippen molar-refractivity contribution in [2.45, 2.75) is 4.90 Å². The predicted octanol–water partition coefficient (Wildman–Crippen LogP) is 3.09. The van der Waals surface area contributed by atoms with Crippen LogP contribution in [0.3, 0.4) is 0 Å². The molecule has 1 saturated heterocycles. The zero-order valence-corrected chi connectivity index (χ0v) is 21.5. The molecular formula is C25H25N5O4S2. The van der Waals surface area contributed by atoms with Crippen molar-refractivity contribution in [2.24, 2.45) is 4.99 Å². The standard InChI is InChI=1S/C25H25N5O4S2/c1-28(2)36(32,33)21-10-8-18(9-11-21)23-19(17-30(27-23)20-6-4-3-5-7-20)16-22-24(31)26-25(35-22)29-12-14-34-15-13-29/h3-11,16-17H,12-15H2,1-2H3/b22-16-. The summed E-state index contributed by atoms with van der Waals surface area (Å²) >= 11 is 1.35. The third-order valence-electron chi connectivity index (χ3n) is 5.85. The van der Waals surface area contributed by atoms with E-state index in [4.69, 9.17) is 9.84 Å². The first-order valence-electron chi connectivity index (χ1n) is 11.4. The van der Waals surface area contributed by atoms with Crippen LogP contribution in [0.25, 0.3) is 23.0 Å². The number of amidine groups is 1. The largest absolute Gasteiger partial charge is 0.378 e. The Kier molecular flexibility index (Phi) is 6.80. The number of morpholine rings is 1. The number of hydrogen-bond donors (Lipinski definition) is 0. The van der Waals surface area contributed by atoms with Crippen molar-refractivity contribution < 1.29 is 17.9 Å². The van der Waals surface area contributed by atoms with E-state index in [1.165, 1.54) is 30.2 Å². The van der Waals surface area contributed by atoms with E-state index in [1.807, 2.05) is 36.5 Å². The summed E-state index contributed by atoms with van der Waals surface area (Å²) in [7, 11) is -0.550. The lowest BCUT2D eigenvalue weighted by molar-refractivity contribution is -0.113. The monoisotopic (exact) mass is 523 g/mol. The Bertz CT molecular complexity index is 1440. The van der Waals surface area contributed by atoms with Gasteiger partial charge in [-0.25, -0.2) is 17.4 Å². The van der Waals surface area contributed by atoms with Gasteiger partial charge in [0.1, 0.15) is 0 Å². The molecule has 1 fully saturated rings. The fraction of sp³-hybridized carbons (Fsp3) is 0.240. The molecule has 3 aromatic rings. The van der Waals surface area contributed by atoms with E-state index in [0.717, 1.165) is 16.8 Å². The lowest BCUT2D eigenvalue weighted by Crippen LogP contribution is -2.38. The molecule has 0 radical (unpaired) electrons. The van der Waals surface area contributed by atoms with E-state index in [2.05, 4.69) is 9.89 Å². The second kappa shape index (κ2) is 10.0. The number of nitrogens with zero attached hydrogens (tertiary/aromatic N) is 5. The Morgan fingerprint density at radius 2 is 1.72 bits per heavy atom. The number of rotatable bonds is 5. The summed E-state index contributed by atoms with van der Waals surface area (Å²) in [4.78, 5) is 19.8. The molecule has 0 N–H and O–H groups in total. The fourth-order valence-corrected chi connectivity index (χ4v) is 5.71. The second-order valence-corrected chi connectivity index (χ2v) is 11.6. The highest BCUT2D eigenvalue weighted by Gasteiger charge is 2.28. The van der Waals surface area contributed by atoms with Crippen molar-refractivity contribution in [3.8, 4) is 16.9 Å². The predicted molar refractivity (Wildman–Crippen MR) is 140 cm³/mol. The number of sulfonamides is 1. The van der Waals surface area contributed by atoms with Crippen molar-refractivity contribution in [3.05, 3.63) is 71.3 Å². The number of carbonyl (C=O) groups excluding carboxylic acids is 1. The first-order chi connectivity index (χ1) is 17.3. The molecule has 36 heavy (non-hydrogen) atoms. The molecule has 0 aliphatic carbocycles. The molecule has 11 heteroatoms. The molecule has 0 saturated carbocycles. The van der Waals surface area contributed by atoms with Gasteiger partial charge in [-0.3, -0.25) is 4.79 Å². The zero-order chi connectivity index (χ0) is 25.3. The van der Waals surface area contributed by atoms with Gasteiger partial charge in [-0.2, -0.15) is 10.1 Å². The summed E-state index contributed by atoms with van der Waals surface area (Å²) in [6.07, 6.45) is 3.67. The van der Waals surface area contributed by atoms with Crippen molar-refractivity contribution in [2.75, 3.05) is 40.4 Å². The highest BCUT2D eigenvalue weighted by atomic mass is 32.2.